The fourth-order valence-corrected chi connectivity index (χ4v) is 3.79. The molecule has 4 atom stereocenters. The molecule has 3 N–H and O–H groups in total. The topological polar surface area (TPSA) is 47.3 Å². The van der Waals surface area contributed by atoms with Crippen molar-refractivity contribution < 1.29 is 4.74 Å². The van der Waals surface area contributed by atoms with E-state index in [-0.39, 0.29) is 11.0 Å². The molecule has 0 aromatic heterocycles. The van der Waals surface area contributed by atoms with Crippen LogP contribution in [-0.4, -0.2) is 30.8 Å². The van der Waals surface area contributed by atoms with Crippen LogP contribution >= 0.6 is 0 Å². The molecule has 1 heterocycles. The predicted molar refractivity (Wildman–Crippen MR) is 75.5 cm³/mol. The van der Waals surface area contributed by atoms with E-state index in [1.165, 1.54) is 19.3 Å². The summed E-state index contributed by atoms with van der Waals surface area (Å²) in [4.78, 5) is 0. The minimum Gasteiger partial charge on any atom is -0.377 e. The maximum atomic E-state index is 6.70. The van der Waals surface area contributed by atoms with E-state index in [2.05, 4.69) is 33.0 Å². The van der Waals surface area contributed by atoms with Crippen LogP contribution in [0.1, 0.15) is 53.4 Å². The Labute approximate surface area is 112 Å². The fourth-order valence-electron chi connectivity index (χ4n) is 3.79. The first kappa shape index (κ1) is 14.3. The summed E-state index contributed by atoms with van der Waals surface area (Å²) in [5.74, 6) is 0.554. The highest BCUT2D eigenvalue weighted by Crippen LogP contribution is 2.57. The third kappa shape index (κ3) is 2.10. The second-order valence-corrected chi connectivity index (χ2v) is 6.87. The quantitative estimate of drug-likeness (QED) is 0.764. The van der Waals surface area contributed by atoms with E-state index < -0.39 is 0 Å². The lowest BCUT2D eigenvalue weighted by Crippen LogP contribution is -2.78. The summed E-state index contributed by atoms with van der Waals surface area (Å²) in [6, 6.07) is 0.572. The molecular weight excluding hydrogens is 224 g/mol. The third-order valence-corrected chi connectivity index (χ3v) is 5.40. The van der Waals surface area contributed by atoms with Gasteiger partial charge in [0.2, 0.25) is 0 Å². The van der Waals surface area contributed by atoms with Crippen LogP contribution in [0.25, 0.3) is 0 Å². The van der Waals surface area contributed by atoms with Crippen LogP contribution in [0.3, 0.4) is 0 Å². The molecule has 0 spiro atoms. The number of fused-ring (bicyclic) bond motifs is 1. The van der Waals surface area contributed by atoms with Gasteiger partial charge in [-0.2, -0.15) is 0 Å². The molecule has 4 unspecified atom stereocenters. The van der Waals surface area contributed by atoms with E-state index in [4.69, 9.17) is 10.5 Å². The summed E-state index contributed by atoms with van der Waals surface area (Å²) in [6.07, 6.45) is 5.33. The average Bonchev–Trinajstić information content (AvgIpc) is 2.81. The van der Waals surface area contributed by atoms with Crippen molar-refractivity contribution in [3.05, 3.63) is 0 Å². The predicted octanol–water partition coefficient (Wildman–Crippen LogP) is 2.30. The molecule has 1 aliphatic heterocycles. The molecule has 18 heavy (non-hydrogen) atoms. The number of ether oxygens (including phenoxy) is 1. The van der Waals surface area contributed by atoms with Gasteiger partial charge in [0.05, 0.1) is 6.10 Å². The minimum atomic E-state index is -0.0886. The summed E-state index contributed by atoms with van der Waals surface area (Å²) >= 11 is 0. The Morgan fingerprint density at radius 2 is 2.17 bits per heavy atom. The van der Waals surface area contributed by atoms with Crippen LogP contribution in [0.15, 0.2) is 0 Å². The van der Waals surface area contributed by atoms with Crippen molar-refractivity contribution >= 4 is 0 Å². The Bertz CT molecular complexity index is 292. The molecule has 3 nitrogen and oxygen atoms in total. The largest absolute Gasteiger partial charge is 0.377 e. The Morgan fingerprint density at radius 1 is 1.44 bits per heavy atom. The third-order valence-electron chi connectivity index (χ3n) is 5.40. The standard InChI is InChI=1S/C15H30N2O/c1-5-6-7-11(2)17-10-15(16)12-8-9-18-13(12)14(15,3)4/h11-13,17H,5-10,16H2,1-4H3. The normalized spacial score (nSPS) is 39.2. The minimum absolute atomic E-state index is 0.0886. The molecular formula is C15H30N2O. The first-order chi connectivity index (χ1) is 8.43. The molecule has 0 aromatic carbocycles. The maximum absolute atomic E-state index is 6.70. The molecule has 0 aromatic rings. The summed E-state index contributed by atoms with van der Waals surface area (Å²) in [6.45, 7) is 10.9. The number of hydrogen-bond donors (Lipinski definition) is 2. The van der Waals surface area contributed by atoms with Crippen LogP contribution in [0.5, 0.6) is 0 Å². The van der Waals surface area contributed by atoms with Gasteiger partial charge in [0.1, 0.15) is 0 Å². The van der Waals surface area contributed by atoms with Gasteiger partial charge in [0.25, 0.3) is 0 Å². The smallest absolute Gasteiger partial charge is 0.0691 e. The molecule has 0 bridgehead atoms. The monoisotopic (exact) mass is 254 g/mol. The zero-order valence-corrected chi connectivity index (χ0v) is 12.5. The van der Waals surface area contributed by atoms with Gasteiger partial charge < -0.3 is 15.8 Å². The van der Waals surface area contributed by atoms with Crippen molar-refractivity contribution in [2.24, 2.45) is 17.1 Å². The van der Waals surface area contributed by atoms with Gasteiger partial charge >= 0.3 is 0 Å². The fraction of sp³-hybridized carbons (Fsp3) is 1.00. The van der Waals surface area contributed by atoms with E-state index in [1.54, 1.807) is 0 Å². The first-order valence-electron chi connectivity index (χ1n) is 7.57. The molecule has 2 aliphatic rings. The SMILES string of the molecule is CCCCC(C)NCC1(N)C2CCOC2C1(C)C. The van der Waals surface area contributed by atoms with Gasteiger partial charge in [0.15, 0.2) is 0 Å². The van der Waals surface area contributed by atoms with Gasteiger partial charge in [-0.15, -0.1) is 0 Å². The second-order valence-electron chi connectivity index (χ2n) is 6.87. The number of unbranched alkanes of at least 4 members (excludes halogenated alkanes) is 1. The average molecular weight is 254 g/mol. The molecule has 1 saturated carbocycles. The zero-order chi connectivity index (χ0) is 13.4. The molecule has 1 saturated heterocycles. The Balaban J connectivity index is 1.88. The van der Waals surface area contributed by atoms with Gasteiger partial charge in [-0.25, -0.2) is 0 Å². The lowest BCUT2D eigenvalue weighted by Gasteiger charge is -2.62. The summed E-state index contributed by atoms with van der Waals surface area (Å²) in [7, 11) is 0. The highest BCUT2D eigenvalue weighted by Gasteiger charge is 2.67. The maximum Gasteiger partial charge on any atom is 0.0691 e. The van der Waals surface area contributed by atoms with Gasteiger partial charge in [-0.1, -0.05) is 33.6 Å². The van der Waals surface area contributed by atoms with Crippen LogP contribution in [0, 0.1) is 11.3 Å². The van der Waals surface area contributed by atoms with Crippen LogP contribution in [0.2, 0.25) is 0 Å². The summed E-state index contributed by atoms with van der Waals surface area (Å²) < 4.78 is 5.83. The van der Waals surface area contributed by atoms with E-state index in [9.17, 15) is 0 Å². The zero-order valence-electron chi connectivity index (χ0n) is 12.5. The Kier molecular flexibility index (Phi) is 4.05. The van der Waals surface area contributed by atoms with Crippen LogP contribution in [-0.2, 0) is 4.74 Å². The van der Waals surface area contributed by atoms with Crippen molar-refractivity contribution in [2.75, 3.05) is 13.2 Å². The van der Waals surface area contributed by atoms with Gasteiger partial charge in [-0.05, 0) is 19.8 Å². The molecule has 0 radical (unpaired) electrons. The van der Waals surface area contributed by atoms with E-state index >= 15 is 0 Å². The highest BCUT2D eigenvalue weighted by molar-refractivity contribution is 5.21. The van der Waals surface area contributed by atoms with Crippen molar-refractivity contribution in [3.8, 4) is 0 Å². The van der Waals surface area contributed by atoms with Crippen molar-refractivity contribution in [3.63, 3.8) is 0 Å². The number of rotatable bonds is 6. The molecule has 0 amide bonds. The highest BCUT2D eigenvalue weighted by atomic mass is 16.5. The van der Waals surface area contributed by atoms with Crippen molar-refractivity contribution in [2.45, 2.75) is 71.1 Å². The van der Waals surface area contributed by atoms with Gasteiger partial charge in [-0.3, -0.25) is 0 Å². The number of hydrogen-bond acceptors (Lipinski definition) is 3. The first-order valence-corrected chi connectivity index (χ1v) is 7.57. The molecule has 2 fully saturated rings. The number of nitrogens with two attached hydrogens (primary N) is 1. The summed E-state index contributed by atoms with van der Waals surface area (Å²) in [5.41, 5.74) is 6.71. The van der Waals surface area contributed by atoms with Crippen molar-refractivity contribution in [1.29, 1.82) is 0 Å². The molecule has 2 rings (SSSR count). The summed E-state index contributed by atoms with van der Waals surface area (Å²) in [5, 5.41) is 3.65. The van der Waals surface area contributed by atoms with Crippen LogP contribution in [0.4, 0.5) is 0 Å². The Morgan fingerprint density at radius 3 is 2.83 bits per heavy atom. The Hall–Kier alpha value is -0.120. The van der Waals surface area contributed by atoms with Crippen molar-refractivity contribution in [1.82, 2.24) is 5.32 Å². The van der Waals surface area contributed by atoms with Crippen LogP contribution < -0.4 is 11.1 Å². The number of nitrogens with one attached hydrogen (secondary N) is 1. The van der Waals surface area contributed by atoms with E-state index in [1.807, 2.05) is 0 Å². The molecule has 1 aliphatic carbocycles. The lowest BCUT2D eigenvalue weighted by molar-refractivity contribution is -0.154. The van der Waals surface area contributed by atoms with E-state index in [0.29, 0.717) is 18.1 Å². The molecule has 3 heteroatoms. The van der Waals surface area contributed by atoms with E-state index in [0.717, 1.165) is 19.6 Å². The van der Waals surface area contributed by atoms with Gasteiger partial charge in [0, 0.05) is 36.1 Å². The second kappa shape index (κ2) is 5.10. The molecule has 106 valence electrons. The lowest BCUT2D eigenvalue weighted by atomic mass is 9.48.